The van der Waals surface area contributed by atoms with Gasteiger partial charge >= 0.3 is 0 Å². The van der Waals surface area contributed by atoms with Gasteiger partial charge in [-0.05, 0) is 25.8 Å². The SMILES string of the molecule is OCCCNC1CCN(c2nccs2)CC1. The lowest BCUT2D eigenvalue weighted by atomic mass is 10.1. The van der Waals surface area contributed by atoms with Gasteiger partial charge in [-0.3, -0.25) is 0 Å². The highest BCUT2D eigenvalue weighted by Gasteiger charge is 2.19. The number of aromatic nitrogens is 1. The summed E-state index contributed by atoms with van der Waals surface area (Å²) in [6.45, 7) is 3.39. The van der Waals surface area contributed by atoms with Crippen LogP contribution in [0.5, 0.6) is 0 Å². The minimum Gasteiger partial charge on any atom is -0.396 e. The Morgan fingerprint density at radius 3 is 2.94 bits per heavy atom. The molecule has 2 rings (SSSR count). The van der Waals surface area contributed by atoms with Crippen LogP contribution in [0.1, 0.15) is 19.3 Å². The van der Waals surface area contributed by atoms with Crippen molar-refractivity contribution in [3.63, 3.8) is 0 Å². The molecule has 1 saturated heterocycles. The topological polar surface area (TPSA) is 48.4 Å². The first-order valence-corrected chi connectivity index (χ1v) is 6.77. The van der Waals surface area contributed by atoms with Crippen molar-refractivity contribution < 1.29 is 5.11 Å². The molecule has 1 aromatic heterocycles. The summed E-state index contributed by atoms with van der Waals surface area (Å²) in [7, 11) is 0. The van der Waals surface area contributed by atoms with Crippen LogP contribution in [0.25, 0.3) is 0 Å². The van der Waals surface area contributed by atoms with Gasteiger partial charge in [-0.2, -0.15) is 0 Å². The molecular formula is C11H19N3OS. The van der Waals surface area contributed by atoms with Gasteiger partial charge in [-0.25, -0.2) is 4.98 Å². The van der Waals surface area contributed by atoms with Gasteiger partial charge in [0, 0.05) is 37.3 Å². The lowest BCUT2D eigenvalue weighted by Gasteiger charge is -2.32. The molecule has 1 aromatic rings. The van der Waals surface area contributed by atoms with Crippen LogP contribution in [-0.2, 0) is 0 Å². The highest BCUT2D eigenvalue weighted by Crippen LogP contribution is 2.21. The number of nitrogens with zero attached hydrogens (tertiary/aromatic N) is 2. The summed E-state index contributed by atoms with van der Waals surface area (Å²) in [6, 6.07) is 0.614. The quantitative estimate of drug-likeness (QED) is 0.758. The maximum Gasteiger partial charge on any atom is 0.185 e. The van der Waals surface area contributed by atoms with Crippen molar-refractivity contribution in [3.05, 3.63) is 11.6 Å². The summed E-state index contributed by atoms with van der Waals surface area (Å²) in [5, 5.41) is 15.4. The van der Waals surface area contributed by atoms with E-state index in [-0.39, 0.29) is 6.61 Å². The average molecular weight is 241 g/mol. The van der Waals surface area contributed by atoms with Crippen molar-refractivity contribution in [1.29, 1.82) is 0 Å². The van der Waals surface area contributed by atoms with Crippen LogP contribution < -0.4 is 10.2 Å². The summed E-state index contributed by atoms with van der Waals surface area (Å²) >= 11 is 1.71. The summed E-state index contributed by atoms with van der Waals surface area (Å²) in [5.41, 5.74) is 0. The Bertz CT molecular complexity index is 283. The summed E-state index contributed by atoms with van der Waals surface area (Å²) in [6.07, 6.45) is 5.06. The lowest BCUT2D eigenvalue weighted by Crippen LogP contribution is -2.42. The maximum absolute atomic E-state index is 8.71. The molecule has 5 heteroatoms. The monoisotopic (exact) mass is 241 g/mol. The van der Waals surface area contributed by atoms with E-state index in [9.17, 15) is 0 Å². The molecular weight excluding hydrogens is 222 g/mol. The molecule has 0 aliphatic carbocycles. The first-order valence-electron chi connectivity index (χ1n) is 5.89. The van der Waals surface area contributed by atoms with Gasteiger partial charge in [-0.15, -0.1) is 11.3 Å². The Balaban J connectivity index is 1.70. The van der Waals surface area contributed by atoms with E-state index in [4.69, 9.17) is 5.11 Å². The van der Waals surface area contributed by atoms with Crippen molar-refractivity contribution in [3.8, 4) is 0 Å². The molecule has 16 heavy (non-hydrogen) atoms. The van der Waals surface area contributed by atoms with Crippen LogP contribution in [0.3, 0.4) is 0 Å². The van der Waals surface area contributed by atoms with E-state index < -0.39 is 0 Å². The summed E-state index contributed by atoms with van der Waals surface area (Å²) in [5.74, 6) is 0. The number of aliphatic hydroxyl groups excluding tert-OH is 1. The first-order chi connectivity index (χ1) is 7.90. The van der Waals surface area contributed by atoms with Gasteiger partial charge in [0.15, 0.2) is 5.13 Å². The number of hydrogen-bond donors (Lipinski definition) is 2. The molecule has 4 nitrogen and oxygen atoms in total. The summed E-state index contributed by atoms with van der Waals surface area (Å²) in [4.78, 5) is 6.69. The Labute approximate surface area is 100 Å². The number of thiazole rings is 1. The molecule has 90 valence electrons. The second-order valence-corrected chi connectivity index (χ2v) is 4.98. The minimum atomic E-state index is 0.283. The van der Waals surface area contributed by atoms with Crippen LogP contribution in [-0.4, -0.2) is 42.4 Å². The smallest absolute Gasteiger partial charge is 0.185 e. The third kappa shape index (κ3) is 3.17. The molecule has 0 atom stereocenters. The number of aliphatic hydroxyl groups is 1. The van der Waals surface area contributed by atoms with E-state index in [2.05, 4.69) is 15.2 Å². The number of nitrogens with one attached hydrogen (secondary N) is 1. The minimum absolute atomic E-state index is 0.283. The van der Waals surface area contributed by atoms with Gasteiger partial charge in [0.2, 0.25) is 0 Å². The van der Waals surface area contributed by atoms with E-state index in [1.807, 2.05) is 11.6 Å². The normalized spacial score (nSPS) is 17.9. The number of piperidine rings is 1. The van der Waals surface area contributed by atoms with Crippen molar-refractivity contribution in [2.45, 2.75) is 25.3 Å². The molecule has 0 aromatic carbocycles. The fourth-order valence-corrected chi connectivity index (χ4v) is 2.73. The fraction of sp³-hybridized carbons (Fsp3) is 0.727. The average Bonchev–Trinajstić information content (AvgIpc) is 2.84. The van der Waals surface area contributed by atoms with E-state index in [1.165, 1.54) is 12.8 Å². The second-order valence-electron chi connectivity index (χ2n) is 4.11. The molecule has 0 radical (unpaired) electrons. The van der Waals surface area contributed by atoms with Crippen molar-refractivity contribution in [1.82, 2.24) is 10.3 Å². The zero-order valence-electron chi connectivity index (χ0n) is 9.43. The summed E-state index contributed by atoms with van der Waals surface area (Å²) < 4.78 is 0. The van der Waals surface area contributed by atoms with Gasteiger partial charge in [0.1, 0.15) is 0 Å². The molecule has 1 aliphatic rings. The van der Waals surface area contributed by atoms with Crippen LogP contribution in [0.4, 0.5) is 5.13 Å². The fourth-order valence-electron chi connectivity index (χ4n) is 2.03. The van der Waals surface area contributed by atoms with Crippen molar-refractivity contribution in [2.24, 2.45) is 0 Å². The number of anilines is 1. The van der Waals surface area contributed by atoms with Crippen LogP contribution in [0.2, 0.25) is 0 Å². The van der Waals surface area contributed by atoms with Crippen LogP contribution >= 0.6 is 11.3 Å². The first kappa shape index (κ1) is 11.8. The van der Waals surface area contributed by atoms with Crippen LogP contribution in [0, 0.1) is 0 Å². The largest absolute Gasteiger partial charge is 0.396 e. The molecule has 0 amide bonds. The predicted octanol–water partition coefficient (Wildman–Crippen LogP) is 1.08. The standard InChI is InChI=1S/C11H19N3OS/c15-8-1-4-12-10-2-6-14(7-3-10)11-13-5-9-16-11/h5,9-10,12,15H,1-4,6-8H2. The van der Waals surface area contributed by atoms with Crippen molar-refractivity contribution in [2.75, 3.05) is 31.1 Å². The van der Waals surface area contributed by atoms with Gasteiger partial charge < -0.3 is 15.3 Å². The lowest BCUT2D eigenvalue weighted by molar-refractivity contribution is 0.280. The van der Waals surface area contributed by atoms with E-state index in [0.717, 1.165) is 31.2 Å². The number of hydrogen-bond acceptors (Lipinski definition) is 5. The molecule has 0 saturated carbocycles. The Morgan fingerprint density at radius 2 is 2.31 bits per heavy atom. The molecule has 0 bridgehead atoms. The molecule has 1 aliphatic heterocycles. The van der Waals surface area contributed by atoms with E-state index >= 15 is 0 Å². The molecule has 0 unspecified atom stereocenters. The van der Waals surface area contributed by atoms with Crippen LogP contribution in [0.15, 0.2) is 11.6 Å². The molecule has 2 heterocycles. The van der Waals surface area contributed by atoms with E-state index in [1.54, 1.807) is 11.3 Å². The second kappa shape index (κ2) is 6.18. The van der Waals surface area contributed by atoms with E-state index in [0.29, 0.717) is 6.04 Å². The van der Waals surface area contributed by atoms with Gasteiger partial charge in [0.05, 0.1) is 0 Å². The van der Waals surface area contributed by atoms with Crippen molar-refractivity contribution >= 4 is 16.5 Å². The highest BCUT2D eigenvalue weighted by molar-refractivity contribution is 7.13. The Morgan fingerprint density at radius 1 is 1.50 bits per heavy atom. The predicted molar refractivity (Wildman–Crippen MR) is 67.1 cm³/mol. The Kier molecular flexibility index (Phi) is 4.56. The molecule has 0 spiro atoms. The zero-order chi connectivity index (χ0) is 11.2. The van der Waals surface area contributed by atoms with Gasteiger partial charge in [-0.1, -0.05) is 0 Å². The van der Waals surface area contributed by atoms with Gasteiger partial charge in [0.25, 0.3) is 0 Å². The highest BCUT2D eigenvalue weighted by atomic mass is 32.1. The Hall–Kier alpha value is -0.650. The molecule has 1 fully saturated rings. The maximum atomic E-state index is 8.71. The molecule has 2 N–H and O–H groups in total. The number of rotatable bonds is 5. The zero-order valence-corrected chi connectivity index (χ0v) is 10.2. The third-order valence-corrected chi connectivity index (χ3v) is 3.78. The third-order valence-electron chi connectivity index (χ3n) is 2.95.